The van der Waals surface area contributed by atoms with Crippen LogP contribution >= 0.6 is 0 Å². The molecule has 3 heterocycles. The molecule has 132 valence electrons. The predicted octanol–water partition coefficient (Wildman–Crippen LogP) is 3.57. The number of piperidine rings is 3. The topological polar surface area (TPSA) is 32.7 Å². The molecule has 2 bridgehead atoms. The largest absolute Gasteiger partial charge is 0.383 e. The van der Waals surface area contributed by atoms with Gasteiger partial charge in [-0.05, 0) is 49.8 Å². The molecular weight excluding hydrogens is 298 g/mol. The zero-order valence-electron chi connectivity index (χ0n) is 14.7. The molecule has 0 aromatic heterocycles. The molecule has 0 radical (unpaired) electrons. The molecule has 0 spiro atoms. The second-order valence-electron chi connectivity index (χ2n) is 8.24. The summed E-state index contributed by atoms with van der Waals surface area (Å²) in [6, 6.07) is 10.2. The lowest BCUT2D eigenvalue weighted by Crippen LogP contribution is -2.52. The van der Waals surface area contributed by atoms with E-state index in [1.165, 1.54) is 51.6 Å². The van der Waals surface area contributed by atoms with Crippen molar-refractivity contribution in [3.8, 4) is 0 Å². The lowest BCUT2D eigenvalue weighted by molar-refractivity contribution is -0.131. The molecular formula is C21H31NO2. The molecule has 2 atom stereocenters. The van der Waals surface area contributed by atoms with Crippen LogP contribution in [-0.2, 0) is 10.3 Å². The maximum atomic E-state index is 11.5. The van der Waals surface area contributed by atoms with Gasteiger partial charge in [-0.2, -0.15) is 0 Å². The van der Waals surface area contributed by atoms with Crippen LogP contribution in [0.4, 0.5) is 0 Å². The fraction of sp³-hybridized carbons (Fsp3) is 0.714. The fourth-order valence-electron chi connectivity index (χ4n) is 5.05. The number of nitrogens with zero attached hydrogens (tertiary/aromatic N) is 1. The second-order valence-corrected chi connectivity index (χ2v) is 8.24. The quantitative estimate of drug-likeness (QED) is 0.866. The van der Waals surface area contributed by atoms with Gasteiger partial charge in [0.05, 0.1) is 12.7 Å². The van der Waals surface area contributed by atoms with Gasteiger partial charge in [0.25, 0.3) is 0 Å². The van der Waals surface area contributed by atoms with Gasteiger partial charge in [-0.15, -0.1) is 0 Å². The summed E-state index contributed by atoms with van der Waals surface area (Å²) in [6.45, 7) is 3.96. The zero-order valence-corrected chi connectivity index (χ0v) is 14.7. The van der Waals surface area contributed by atoms with Gasteiger partial charge in [-0.1, -0.05) is 56.0 Å². The molecule has 3 aliphatic heterocycles. The van der Waals surface area contributed by atoms with Crippen molar-refractivity contribution in [1.29, 1.82) is 0 Å². The van der Waals surface area contributed by atoms with Gasteiger partial charge in [0.15, 0.2) is 0 Å². The maximum absolute atomic E-state index is 11.5. The molecule has 1 aromatic carbocycles. The molecule has 2 unspecified atom stereocenters. The van der Waals surface area contributed by atoms with Crippen molar-refractivity contribution in [2.75, 3.05) is 26.2 Å². The van der Waals surface area contributed by atoms with Crippen LogP contribution in [0.5, 0.6) is 0 Å². The Morgan fingerprint density at radius 3 is 2.38 bits per heavy atom. The van der Waals surface area contributed by atoms with E-state index in [-0.39, 0.29) is 0 Å². The summed E-state index contributed by atoms with van der Waals surface area (Å²) in [5.74, 6) is 1.34. The third-order valence-electron chi connectivity index (χ3n) is 6.54. The van der Waals surface area contributed by atoms with Crippen LogP contribution in [0, 0.1) is 11.8 Å². The van der Waals surface area contributed by atoms with Gasteiger partial charge < -0.3 is 14.7 Å². The van der Waals surface area contributed by atoms with Gasteiger partial charge in [-0.25, -0.2) is 0 Å². The first-order valence-electron chi connectivity index (χ1n) is 9.85. The standard InChI is InChI=1S/C21H31NO2/c23-21(14-17-6-4-5-7-17,19-8-2-1-3-9-19)16-24-20-15-22-12-10-18(20)11-13-22/h1-3,8-9,17-18,20,23H,4-7,10-16H2. The van der Waals surface area contributed by atoms with E-state index in [1.807, 2.05) is 18.2 Å². The highest BCUT2D eigenvalue weighted by atomic mass is 16.5. The predicted molar refractivity (Wildman–Crippen MR) is 95.8 cm³/mol. The molecule has 0 amide bonds. The molecule has 1 N–H and O–H groups in total. The highest BCUT2D eigenvalue weighted by Gasteiger charge is 2.39. The van der Waals surface area contributed by atoms with E-state index in [1.54, 1.807) is 0 Å². The van der Waals surface area contributed by atoms with E-state index in [4.69, 9.17) is 4.74 Å². The third kappa shape index (κ3) is 3.54. The SMILES string of the molecule is OC(COC1CN2CCC1CC2)(CC1CCCC1)c1ccccc1. The lowest BCUT2D eigenvalue weighted by Gasteiger charge is -2.45. The molecule has 1 aliphatic carbocycles. The second kappa shape index (κ2) is 7.15. The fourth-order valence-corrected chi connectivity index (χ4v) is 5.05. The Labute approximate surface area is 146 Å². The third-order valence-corrected chi connectivity index (χ3v) is 6.54. The van der Waals surface area contributed by atoms with E-state index in [0.29, 0.717) is 24.5 Å². The van der Waals surface area contributed by atoms with E-state index in [9.17, 15) is 5.11 Å². The number of ether oxygens (including phenoxy) is 1. The van der Waals surface area contributed by atoms with Crippen molar-refractivity contribution in [1.82, 2.24) is 4.90 Å². The number of fused-ring (bicyclic) bond motifs is 3. The van der Waals surface area contributed by atoms with Gasteiger partial charge >= 0.3 is 0 Å². The number of aliphatic hydroxyl groups is 1. The molecule has 1 aromatic rings. The highest BCUT2D eigenvalue weighted by Crippen LogP contribution is 2.38. The first-order chi connectivity index (χ1) is 11.7. The van der Waals surface area contributed by atoms with E-state index in [0.717, 1.165) is 18.5 Å². The number of hydrogen-bond donors (Lipinski definition) is 1. The minimum atomic E-state index is -0.831. The molecule has 3 heteroatoms. The van der Waals surface area contributed by atoms with Gasteiger partial charge in [-0.3, -0.25) is 0 Å². The van der Waals surface area contributed by atoms with Gasteiger partial charge in [0.1, 0.15) is 5.60 Å². The summed E-state index contributed by atoms with van der Waals surface area (Å²) >= 11 is 0. The van der Waals surface area contributed by atoms with Crippen LogP contribution in [-0.4, -0.2) is 42.4 Å². The monoisotopic (exact) mass is 329 g/mol. The maximum Gasteiger partial charge on any atom is 0.113 e. The normalized spacial score (nSPS) is 32.8. The first kappa shape index (κ1) is 16.6. The molecule has 4 fully saturated rings. The molecule has 3 nitrogen and oxygen atoms in total. The van der Waals surface area contributed by atoms with Crippen molar-refractivity contribution < 1.29 is 9.84 Å². The average molecular weight is 329 g/mol. The molecule has 5 rings (SSSR count). The Morgan fingerprint density at radius 1 is 1.04 bits per heavy atom. The van der Waals surface area contributed by atoms with Crippen molar-refractivity contribution in [2.45, 2.75) is 56.7 Å². The van der Waals surface area contributed by atoms with Gasteiger partial charge in [0.2, 0.25) is 0 Å². The summed E-state index contributed by atoms with van der Waals surface area (Å²) in [4.78, 5) is 2.52. The number of rotatable bonds is 6. The Bertz CT molecular complexity index is 520. The summed E-state index contributed by atoms with van der Waals surface area (Å²) < 4.78 is 6.36. The van der Waals surface area contributed by atoms with Crippen LogP contribution in [0.1, 0.15) is 50.5 Å². The number of benzene rings is 1. The van der Waals surface area contributed by atoms with Crippen molar-refractivity contribution in [3.63, 3.8) is 0 Å². The van der Waals surface area contributed by atoms with Crippen LogP contribution in [0.15, 0.2) is 30.3 Å². The van der Waals surface area contributed by atoms with Crippen LogP contribution in [0.25, 0.3) is 0 Å². The van der Waals surface area contributed by atoms with Crippen molar-refractivity contribution in [3.05, 3.63) is 35.9 Å². The zero-order chi connectivity index (χ0) is 16.4. The lowest BCUT2D eigenvalue weighted by atomic mass is 9.83. The Balaban J connectivity index is 1.45. The first-order valence-corrected chi connectivity index (χ1v) is 9.85. The minimum absolute atomic E-state index is 0.311. The van der Waals surface area contributed by atoms with E-state index in [2.05, 4.69) is 17.0 Å². The summed E-state index contributed by atoms with van der Waals surface area (Å²) in [7, 11) is 0. The van der Waals surface area contributed by atoms with Crippen LogP contribution < -0.4 is 0 Å². The van der Waals surface area contributed by atoms with Gasteiger partial charge in [0, 0.05) is 6.54 Å². The Kier molecular flexibility index (Phi) is 4.93. The average Bonchev–Trinajstić information content (AvgIpc) is 3.15. The van der Waals surface area contributed by atoms with E-state index >= 15 is 0 Å². The number of hydrogen-bond acceptors (Lipinski definition) is 3. The van der Waals surface area contributed by atoms with Crippen LogP contribution in [0.2, 0.25) is 0 Å². The van der Waals surface area contributed by atoms with Crippen LogP contribution in [0.3, 0.4) is 0 Å². The summed E-state index contributed by atoms with van der Waals surface area (Å²) in [5, 5.41) is 11.5. The summed E-state index contributed by atoms with van der Waals surface area (Å²) in [6.07, 6.45) is 8.83. The smallest absolute Gasteiger partial charge is 0.113 e. The highest BCUT2D eigenvalue weighted by molar-refractivity contribution is 5.22. The Hall–Kier alpha value is -0.900. The summed E-state index contributed by atoms with van der Waals surface area (Å²) in [5.41, 5.74) is 0.195. The van der Waals surface area contributed by atoms with Crippen molar-refractivity contribution in [2.24, 2.45) is 11.8 Å². The molecule has 24 heavy (non-hydrogen) atoms. The van der Waals surface area contributed by atoms with E-state index < -0.39 is 5.60 Å². The molecule has 3 saturated heterocycles. The van der Waals surface area contributed by atoms with Crippen molar-refractivity contribution >= 4 is 0 Å². The Morgan fingerprint density at radius 2 is 1.75 bits per heavy atom. The minimum Gasteiger partial charge on any atom is -0.383 e. The molecule has 1 saturated carbocycles. The molecule has 4 aliphatic rings.